The minimum Gasteiger partial charge on any atom is -0.497 e. The maximum absolute atomic E-state index is 11.8. The van der Waals surface area contributed by atoms with Crippen LogP contribution in [0, 0.1) is 0 Å². The van der Waals surface area contributed by atoms with Gasteiger partial charge in [0.2, 0.25) is 0 Å². The van der Waals surface area contributed by atoms with Crippen LogP contribution in [0.25, 0.3) is 0 Å². The number of carbonyl (C=O) groups is 1. The second kappa shape index (κ2) is 6.96. The largest absolute Gasteiger partial charge is 0.497 e. The summed E-state index contributed by atoms with van der Waals surface area (Å²) in [5.74, 6) is 1.09. The first-order valence-corrected chi connectivity index (χ1v) is 6.79. The Labute approximate surface area is 125 Å². The van der Waals surface area contributed by atoms with E-state index in [-0.39, 0.29) is 12.5 Å². The normalized spacial score (nSPS) is 9.90. The summed E-state index contributed by atoms with van der Waals surface area (Å²) in [5.41, 5.74) is 0.671. The number of ether oxygens (including phenoxy) is 2. The zero-order valence-electron chi connectivity index (χ0n) is 10.9. The van der Waals surface area contributed by atoms with Gasteiger partial charge in [-0.05, 0) is 40.2 Å². The van der Waals surface area contributed by atoms with Crippen LogP contribution in [0.2, 0.25) is 0 Å². The summed E-state index contributed by atoms with van der Waals surface area (Å²) in [5, 5.41) is 2.75. The average Bonchev–Trinajstić information content (AvgIpc) is 2.46. The molecule has 4 nitrogen and oxygen atoms in total. The molecule has 1 amide bonds. The quantitative estimate of drug-likeness (QED) is 0.909. The third-order valence-corrected chi connectivity index (χ3v) is 3.20. The molecule has 0 atom stereocenters. The van der Waals surface area contributed by atoms with Gasteiger partial charge in [-0.15, -0.1) is 0 Å². The topological polar surface area (TPSA) is 47.6 Å². The zero-order chi connectivity index (χ0) is 14.4. The van der Waals surface area contributed by atoms with Gasteiger partial charge in [-0.2, -0.15) is 0 Å². The Balaban J connectivity index is 1.91. The van der Waals surface area contributed by atoms with E-state index in [0.717, 1.165) is 4.47 Å². The van der Waals surface area contributed by atoms with Crippen LogP contribution in [0.4, 0.5) is 5.69 Å². The van der Waals surface area contributed by atoms with Crippen LogP contribution in [0.1, 0.15) is 0 Å². The molecular formula is C15H14BrNO3. The molecule has 5 heteroatoms. The first-order chi connectivity index (χ1) is 9.69. The number of nitrogens with one attached hydrogen (secondary N) is 1. The molecule has 20 heavy (non-hydrogen) atoms. The van der Waals surface area contributed by atoms with Crippen LogP contribution >= 0.6 is 15.9 Å². The van der Waals surface area contributed by atoms with Crippen molar-refractivity contribution in [2.24, 2.45) is 0 Å². The van der Waals surface area contributed by atoms with Crippen molar-refractivity contribution in [3.63, 3.8) is 0 Å². The number of hydrogen-bond acceptors (Lipinski definition) is 3. The molecule has 0 aliphatic rings. The summed E-state index contributed by atoms with van der Waals surface area (Å²) in [6.07, 6.45) is 0. The molecule has 0 saturated carbocycles. The summed E-state index contributed by atoms with van der Waals surface area (Å²) >= 11 is 3.36. The Morgan fingerprint density at radius 2 is 2.00 bits per heavy atom. The predicted octanol–water partition coefficient (Wildman–Crippen LogP) is 3.48. The molecule has 104 valence electrons. The summed E-state index contributed by atoms with van der Waals surface area (Å²) in [6, 6.07) is 14.5. The van der Waals surface area contributed by atoms with Crippen molar-refractivity contribution in [3.8, 4) is 11.5 Å². The van der Waals surface area contributed by atoms with E-state index < -0.39 is 0 Å². The summed E-state index contributed by atoms with van der Waals surface area (Å²) in [4.78, 5) is 11.8. The van der Waals surface area contributed by atoms with Crippen LogP contribution in [0.3, 0.4) is 0 Å². The highest BCUT2D eigenvalue weighted by atomic mass is 79.9. The summed E-state index contributed by atoms with van der Waals surface area (Å²) < 4.78 is 11.3. The van der Waals surface area contributed by atoms with Crippen LogP contribution in [0.15, 0.2) is 53.0 Å². The first-order valence-electron chi connectivity index (χ1n) is 6.00. The maximum atomic E-state index is 11.8. The van der Waals surface area contributed by atoms with Crippen LogP contribution in [-0.4, -0.2) is 19.6 Å². The third-order valence-electron chi connectivity index (χ3n) is 2.55. The van der Waals surface area contributed by atoms with E-state index in [4.69, 9.17) is 9.47 Å². The summed E-state index contributed by atoms with van der Waals surface area (Å²) in [7, 11) is 1.58. The van der Waals surface area contributed by atoms with E-state index >= 15 is 0 Å². The Kier molecular flexibility index (Phi) is 5.01. The van der Waals surface area contributed by atoms with Crippen molar-refractivity contribution in [2.45, 2.75) is 0 Å². The lowest BCUT2D eigenvalue weighted by atomic mass is 10.3. The number of benzene rings is 2. The average molecular weight is 336 g/mol. The molecule has 0 spiro atoms. The number of halogens is 1. The van der Waals surface area contributed by atoms with Crippen molar-refractivity contribution in [3.05, 3.63) is 53.0 Å². The second-order valence-corrected chi connectivity index (χ2v) is 4.85. The molecule has 2 aromatic rings. The fraction of sp³-hybridized carbons (Fsp3) is 0.133. The number of rotatable bonds is 5. The Morgan fingerprint density at radius 1 is 1.20 bits per heavy atom. The van der Waals surface area contributed by atoms with Gasteiger partial charge in [0.1, 0.15) is 11.5 Å². The first kappa shape index (κ1) is 14.4. The van der Waals surface area contributed by atoms with Gasteiger partial charge in [-0.25, -0.2) is 0 Å². The van der Waals surface area contributed by atoms with Crippen molar-refractivity contribution in [1.29, 1.82) is 0 Å². The molecule has 0 heterocycles. The molecule has 0 aliphatic carbocycles. The highest BCUT2D eigenvalue weighted by molar-refractivity contribution is 9.10. The van der Waals surface area contributed by atoms with Gasteiger partial charge in [0.15, 0.2) is 6.61 Å². The molecule has 2 aromatic carbocycles. The molecule has 1 N–H and O–H groups in total. The van der Waals surface area contributed by atoms with Gasteiger partial charge in [0.05, 0.1) is 11.6 Å². The predicted molar refractivity (Wildman–Crippen MR) is 81.3 cm³/mol. The van der Waals surface area contributed by atoms with Crippen molar-refractivity contribution in [1.82, 2.24) is 0 Å². The second-order valence-electron chi connectivity index (χ2n) is 4.00. The van der Waals surface area contributed by atoms with E-state index in [0.29, 0.717) is 17.2 Å². The van der Waals surface area contributed by atoms with Crippen molar-refractivity contribution in [2.75, 3.05) is 19.0 Å². The zero-order valence-corrected chi connectivity index (χ0v) is 12.5. The molecule has 0 aromatic heterocycles. The molecular weight excluding hydrogens is 322 g/mol. The van der Waals surface area contributed by atoms with E-state index in [1.807, 2.05) is 30.3 Å². The standard InChI is InChI=1S/C15H14BrNO3/c1-19-12-6-4-5-11(9-12)17-15(18)10-20-14-8-3-2-7-13(14)16/h2-9H,10H2,1H3,(H,17,18). The number of methoxy groups -OCH3 is 1. The number of carbonyl (C=O) groups excluding carboxylic acids is 1. The van der Waals surface area contributed by atoms with Gasteiger partial charge in [-0.3, -0.25) is 4.79 Å². The fourth-order valence-electron chi connectivity index (χ4n) is 1.60. The minimum absolute atomic E-state index is 0.0557. The molecule has 0 fully saturated rings. The molecule has 2 rings (SSSR count). The molecule has 0 bridgehead atoms. The molecule has 0 saturated heterocycles. The third kappa shape index (κ3) is 3.99. The number of para-hydroxylation sites is 1. The van der Waals surface area contributed by atoms with Gasteiger partial charge in [0.25, 0.3) is 5.91 Å². The SMILES string of the molecule is COc1cccc(NC(=O)COc2ccccc2Br)c1. The highest BCUT2D eigenvalue weighted by Crippen LogP contribution is 2.23. The molecule has 0 aliphatic heterocycles. The van der Waals surface area contributed by atoms with E-state index in [1.165, 1.54) is 0 Å². The molecule has 0 unspecified atom stereocenters. The lowest BCUT2D eigenvalue weighted by Crippen LogP contribution is -2.20. The number of amides is 1. The Bertz CT molecular complexity index is 601. The van der Waals surface area contributed by atoms with E-state index in [1.54, 1.807) is 25.3 Å². The van der Waals surface area contributed by atoms with Gasteiger partial charge < -0.3 is 14.8 Å². The Morgan fingerprint density at radius 3 is 2.75 bits per heavy atom. The highest BCUT2D eigenvalue weighted by Gasteiger charge is 2.06. The lowest BCUT2D eigenvalue weighted by Gasteiger charge is -2.09. The fourth-order valence-corrected chi connectivity index (χ4v) is 2.00. The van der Waals surface area contributed by atoms with Crippen LogP contribution in [0.5, 0.6) is 11.5 Å². The number of anilines is 1. The van der Waals surface area contributed by atoms with Crippen LogP contribution in [-0.2, 0) is 4.79 Å². The minimum atomic E-state index is -0.228. The Hall–Kier alpha value is -2.01. The van der Waals surface area contributed by atoms with Gasteiger partial charge in [-0.1, -0.05) is 18.2 Å². The van der Waals surface area contributed by atoms with Crippen molar-refractivity contribution < 1.29 is 14.3 Å². The summed E-state index contributed by atoms with van der Waals surface area (Å²) in [6.45, 7) is -0.0557. The van der Waals surface area contributed by atoms with Gasteiger partial charge >= 0.3 is 0 Å². The lowest BCUT2D eigenvalue weighted by molar-refractivity contribution is -0.118. The maximum Gasteiger partial charge on any atom is 0.262 e. The van der Waals surface area contributed by atoms with Crippen LogP contribution < -0.4 is 14.8 Å². The van der Waals surface area contributed by atoms with E-state index in [9.17, 15) is 4.79 Å². The molecule has 0 radical (unpaired) electrons. The number of hydrogen-bond donors (Lipinski definition) is 1. The van der Waals surface area contributed by atoms with E-state index in [2.05, 4.69) is 21.2 Å². The smallest absolute Gasteiger partial charge is 0.262 e. The monoisotopic (exact) mass is 335 g/mol. The van der Waals surface area contributed by atoms with Crippen molar-refractivity contribution >= 4 is 27.5 Å². The van der Waals surface area contributed by atoms with Gasteiger partial charge in [0, 0.05) is 11.8 Å².